The summed E-state index contributed by atoms with van der Waals surface area (Å²) >= 11 is 6.55. The topological polar surface area (TPSA) is 136 Å². The number of aliphatic carboxylic acids is 1. The van der Waals surface area contributed by atoms with Gasteiger partial charge in [-0.1, -0.05) is 19.1 Å². The van der Waals surface area contributed by atoms with E-state index in [1.165, 1.54) is 17.2 Å². The van der Waals surface area contributed by atoms with Gasteiger partial charge >= 0.3 is 5.97 Å². The molecule has 1 saturated heterocycles. The average Bonchev–Trinajstić information content (AvgIpc) is 3.22. The van der Waals surface area contributed by atoms with E-state index < -0.39 is 23.4 Å². The van der Waals surface area contributed by atoms with E-state index in [-0.39, 0.29) is 42.3 Å². The molecule has 1 aliphatic heterocycles. The highest BCUT2D eigenvalue weighted by Crippen LogP contribution is 2.43. The van der Waals surface area contributed by atoms with Crippen LogP contribution in [0, 0.1) is 12.8 Å². The smallest absolute Gasteiger partial charge is 0.310 e. The number of nitrogen functional groups attached to an aromatic ring is 1. The van der Waals surface area contributed by atoms with Crippen LogP contribution in [0.25, 0.3) is 11.1 Å². The Kier molecular flexibility index (Phi) is 7.26. The number of anilines is 1. The van der Waals surface area contributed by atoms with Crippen molar-refractivity contribution < 1.29 is 23.8 Å². The quantitative estimate of drug-likeness (QED) is 0.408. The number of allylic oxidation sites excluding steroid dienone is 3. The van der Waals surface area contributed by atoms with Crippen LogP contribution in [0.15, 0.2) is 48.1 Å². The highest BCUT2D eigenvalue weighted by Gasteiger charge is 2.38. The second-order valence-corrected chi connectivity index (χ2v) is 10.9. The predicted octanol–water partition coefficient (Wildman–Crippen LogP) is 4.00. The third-order valence-corrected chi connectivity index (χ3v) is 7.55. The van der Waals surface area contributed by atoms with Crippen molar-refractivity contribution in [2.75, 3.05) is 18.8 Å². The van der Waals surface area contributed by atoms with E-state index in [0.29, 0.717) is 39.7 Å². The zero-order valence-corrected chi connectivity index (χ0v) is 23.3. The van der Waals surface area contributed by atoms with Crippen LogP contribution in [-0.2, 0) is 9.53 Å². The van der Waals surface area contributed by atoms with Gasteiger partial charge in [0.25, 0.3) is 5.91 Å². The number of rotatable bonds is 7. The molecule has 0 bridgehead atoms. The van der Waals surface area contributed by atoms with Crippen LogP contribution in [-0.4, -0.2) is 72.0 Å². The van der Waals surface area contributed by atoms with Crippen molar-refractivity contribution in [3.8, 4) is 0 Å². The average molecular weight is 569 g/mol. The Morgan fingerprint density at radius 3 is 2.58 bits per heavy atom. The zero-order chi connectivity index (χ0) is 28.9. The Morgan fingerprint density at radius 2 is 1.95 bits per heavy atom. The van der Waals surface area contributed by atoms with E-state index in [2.05, 4.69) is 9.97 Å². The van der Waals surface area contributed by atoms with Gasteiger partial charge in [0.15, 0.2) is 0 Å². The Labute approximate surface area is 235 Å². The molecule has 3 aromatic rings. The molecule has 3 atom stereocenters. The summed E-state index contributed by atoms with van der Waals surface area (Å²) in [6, 6.07) is 3.11. The van der Waals surface area contributed by atoms with Gasteiger partial charge in [-0.2, -0.15) is 0 Å². The number of carboxylic acid groups (broad SMARTS) is 1. The first-order chi connectivity index (χ1) is 19.0. The summed E-state index contributed by atoms with van der Waals surface area (Å²) in [6.45, 7) is 7.76. The number of carbonyl (C=O) groups excluding carboxylic acids is 1. The number of amides is 1. The summed E-state index contributed by atoms with van der Waals surface area (Å²) in [5.41, 5.74) is 8.99. The van der Waals surface area contributed by atoms with Crippen molar-refractivity contribution in [3.63, 3.8) is 0 Å². The number of nitrogens with zero attached hydrogens (tertiary/aromatic N) is 5. The van der Waals surface area contributed by atoms with Crippen LogP contribution in [0.3, 0.4) is 0 Å². The van der Waals surface area contributed by atoms with Gasteiger partial charge in [0.1, 0.15) is 34.8 Å². The lowest BCUT2D eigenvalue weighted by molar-refractivity contribution is -0.146. The molecule has 10 nitrogen and oxygen atoms in total. The van der Waals surface area contributed by atoms with E-state index in [1.807, 2.05) is 32.1 Å². The number of pyridine rings is 1. The van der Waals surface area contributed by atoms with Crippen LogP contribution >= 0.6 is 11.6 Å². The maximum absolute atomic E-state index is 15.8. The molecule has 3 aromatic heterocycles. The molecular weight excluding hydrogens is 539 g/mol. The number of nitrogens with two attached hydrogens (primary N) is 1. The maximum atomic E-state index is 15.8. The molecule has 0 spiro atoms. The number of ether oxygens (including phenoxy) is 1. The van der Waals surface area contributed by atoms with E-state index in [9.17, 15) is 9.59 Å². The molecule has 1 aliphatic carbocycles. The van der Waals surface area contributed by atoms with E-state index in [0.717, 1.165) is 0 Å². The van der Waals surface area contributed by atoms with Gasteiger partial charge in [0, 0.05) is 54.3 Å². The van der Waals surface area contributed by atoms with Gasteiger partial charge in [0.2, 0.25) is 0 Å². The fraction of sp³-hybridized carbons (Fsp3) is 0.393. The standard InChI is InChI=1S/C28H30ClFN6O4/c1-13(2)40-24-18(14(3)26-34-15(4)23-25(31)32-7-8-36(23)26)9-19(29)22(30)21(24)16-5-6-20(33-10-16)27(37)35-11-17(12-35)28(38)39/h5-10,13-14,17,19,22H,11-12H2,1-4H3,(H2,31,32)(H,38,39)/t14-,19?,22?/m0/s1. The van der Waals surface area contributed by atoms with Crippen molar-refractivity contribution in [1.29, 1.82) is 0 Å². The van der Waals surface area contributed by atoms with Gasteiger partial charge in [-0.3, -0.25) is 19.0 Å². The van der Waals surface area contributed by atoms with Gasteiger partial charge in [-0.05, 0) is 26.8 Å². The van der Waals surface area contributed by atoms with Crippen molar-refractivity contribution in [3.05, 3.63) is 70.9 Å². The normalized spacial score (nSPS) is 20.5. The lowest BCUT2D eigenvalue weighted by atomic mass is 9.85. The van der Waals surface area contributed by atoms with Crippen LogP contribution < -0.4 is 5.73 Å². The molecule has 1 fully saturated rings. The molecule has 0 radical (unpaired) electrons. The predicted molar refractivity (Wildman–Crippen MR) is 148 cm³/mol. The first kappa shape index (κ1) is 27.6. The van der Waals surface area contributed by atoms with Crippen molar-refractivity contribution in [2.24, 2.45) is 5.92 Å². The maximum Gasteiger partial charge on any atom is 0.310 e. The number of hydrogen-bond acceptors (Lipinski definition) is 7. The fourth-order valence-corrected chi connectivity index (χ4v) is 5.39. The summed E-state index contributed by atoms with van der Waals surface area (Å²) in [7, 11) is 0. The first-order valence-electron chi connectivity index (χ1n) is 13.0. The number of imidazole rings is 1. The number of fused-ring (bicyclic) bond motifs is 1. The molecule has 2 unspecified atom stereocenters. The second-order valence-electron chi connectivity index (χ2n) is 10.4. The minimum atomic E-state index is -1.60. The molecule has 1 amide bonds. The molecule has 4 heterocycles. The molecule has 210 valence electrons. The second kappa shape index (κ2) is 10.5. The number of carboxylic acids is 1. The van der Waals surface area contributed by atoms with E-state index in [1.54, 1.807) is 24.5 Å². The zero-order valence-electron chi connectivity index (χ0n) is 22.5. The van der Waals surface area contributed by atoms with E-state index in [4.69, 9.17) is 32.2 Å². The van der Waals surface area contributed by atoms with Gasteiger partial charge < -0.3 is 20.5 Å². The Balaban J connectivity index is 1.53. The van der Waals surface area contributed by atoms with Crippen molar-refractivity contribution >= 4 is 40.4 Å². The van der Waals surface area contributed by atoms with E-state index >= 15 is 4.39 Å². The molecule has 2 aliphatic rings. The highest BCUT2D eigenvalue weighted by molar-refractivity contribution is 6.23. The van der Waals surface area contributed by atoms with Gasteiger partial charge in [-0.15, -0.1) is 11.6 Å². The molecule has 3 N–H and O–H groups in total. The Hall–Kier alpha value is -3.99. The number of aromatic nitrogens is 4. The summed E-state index contributed by atoms with van der Waals surface area (Å²) in [5.74, 6) is -0.872. The number of aryl methyl sites for hydroxylation is 1. The van der Waals surface area contributed by atoms with Gasteiger partial charge in [0.05, 0.1) is 23.1 Å². The van der Waals surface area contributed by atoms with Crippen LogP contribution in [0.2, 0.25) is 0 Å². The minimum absolute atomic E-state index is 0.130. The van der Waals surface area contributed by atoms with Crippen LogP contribution in [0.1, 0.15) is 54.3 Å². The third-order valence-electron chi connectivity index (χ3n) is 7.20. The molecule has 5 rings (SSSR count). The highest BCUT2D eigenvalue weighted by atomic mass is 35.5. The minimum Gasteiger partial charge on any atom is -0.490 e. The first-order valence-corrected chi connectivity index (χ1v) is 13.4. The third kappa shape index (κ3) is 4.78. The molecule has 0 saturated carbocycles. The summed E-state index contributed by atoms with van der Waals surface area (Å²) in [5, 5.41) is 8.10. The van der Waals surface area contributed by atoms with Crippen LogP contribution in [0.4, 0.5) is 10.2 Å². The Bertz CT molecular complexity index is 1540. The summed E-state index contributed by atoms with van der Waals surface area (Å²) in [4.78, 5) is 38.5. The largest absolute Gasteiger partial charge is 0.490 e. The monoisotopic (exact) mass is 568 g/mol. The molecule has 0 aromatic carbocycles. The fourth-order valence-electron chi connectivity index (χ4n) is 5.13. The summed E-state index contributed by atoms with van der Waals surface area (Å²) < 4.78 is 23.9. The molecule has 40 heavy (non-hydrogen) atoms. The number of hydrogen-bond donors (Lipinski definition) is 2. The Morgan fingerprint density at radius 1 is 1.23 bits per heavy atom. The number of carbonyl (C=O) groups is 2. The SMILES string of the molecule is Cc1nc([C@@H](C)C2=CC(Cl)C(F)C(c3ccc(C(=O)N4CC(C(=O)O)C4)nc3)=C2OC(C)C)n2ccnc(N)c12. The number of likely N-dealkylation sites (tertiary alicyclic amines) is 1. The van der Waals surface area contributed by atoms with Crippen molar-refractivity contribution in [2.45, 2.75) is 51.3 Å². The lowest BCUT2D eigenvalue weighted by Gasteiger charge is -2.36. The molecular formula is C28H30ClFN6O4. The summed E-state index contributed by atoms with van der Waals surface area (Å²) in [6.07, 6.45) is 4.58. The van der Waals surface area contributed by atoms with Gasteiger partial charge in [-0.25, -0.2) is 14.4 Å². The van der Waals surface area contributed by atoms with Crippen molar-refractivity contribution in [1.82, 2.24) is 24.3 Å². The molecule has 12 heteroatoms. The number of halogens is 2. The number of alkyl halides is 2. The lowest BCUT2D eigenvalue weighted by Crippen LogP contribution is -2.53. The van der Waals surface area contributed by atoms with Crippen LogP contribution in [0.5, 0.6) is 0 Å².